The van der Waals surface area contributed by atoms with Crippen molar-refractivity contribution < 1.29 is 0 Å². The Hall–Kier alpha value is -1.49. The molecule has 0 unspecified atom stereocenters. The summed E-state index contributed by atoms with van der Waals surface area (Å²) >= 11 is 0. The zero-order valence-corrected chi connectivity index (χ0v) is 12.1. The third kappa shape index (κ3) is 2.85. The number of hydrogen-bond donors (Lipinski definition) is 1. The number of nitrogens with zero attached hydrogens (tertiary/aromatic N) is 4. The summed E-state index contributed by atoms with van der Waals surface area (Å²) in [6, 6.07) is 2.06. The molecule has 0 spiro atoms. The molecule has 0 aliphatic rings. The second-order valence-electron chi connectivity index (χ2n) is 4.22. The van der Waals surface area contributed by atoms with Crippen LogP contribution in [0.2, 0.25) is 0 Å². The molecule has 0 aromatic carbocycles. The van der Waals surface area contributed by atoms with Gasteiger partial charge < -0.3 is 5.32 Å². The average molecular weight is 270 g/mol. The summed E-state index contributed by atoms with van der Waals surface area (Å²) in [7, 11) is 1.96. The smallest absolute Gasteiger partial charge is 0.124 e. The molecule has 0 saturated heterocycles. The monoisotopic (exact) mass is 269 g/mol. The standard InChI is InChI=1S/C12H19N5.ClH/c1-5-17-12(6-9(2)15-17)13-7-11-8-14-16(4)10(11)3;/h6,8,13H,5,7H2,1-4H3;1H. The number of anilines is 1. The first-order valence-corrected chi connectivity index (χ1v) is 5.87. The Balaban J connectivity index is 0.00000162. The molecule has 2 aromatic heterocycles. The molecule has 0 radical (unpaired) electrons. The van der Waals surface area contributed by atoms with Crippen LogP contribution in [0.25, 0.3) is 0 Å². The fraction of sp³-hybridized carbons (Fsp3) is 0.500. The Morgan fingerprint density at radius 2 is 2.06 bits per heavy atom. The first-order chi connectivity index (χ1) is 8.11. The van der Waals surface area contributed by atoms with Crippen LogP contribution in [0.1, 0.15) is 23.9 Å². The lowest BCUT2D eigenvalue weighted by atomic mass is 10.2. The molecule has 1 N–H and O–H groups in total. The summed E-state index contributed by atoms with van der Waals surface area (Å²) in [6.45, 7) is 7.83. The Labute approximate surface area is 114 Å². The van der Waals surface area contributed by atoms with E-state index in [1.165, 1.54) is 11.3 Å². The maximum Gasteiger partial charge on any atom is 0.124 e. The third-order valence-corrected chi connectivity index (χ3v) is 3.00. The molecule has 0 aliphatic heterocycles. The molecule has 0 aliphatic carbocycles. The highest BCUT2D eigenvalue weighted by Crippen LogP contribution is 2.13. The molecular weight excluding hydrogens is 250 g/mol. The van der Waals surface area contributed by atoms with Crippen LogP contribution >= 0.6 is 12.4 Å². The Kier molecular flexibility index (Phi) is 4.78. The summed E-state index contributed by atoms with van der Waals surface area (Å²) in [4.78, 5) is 0. The second kappa shape index (κ2) is 5.91. The SMILES string of the molecule is CCn1nc(C)cc1NCc1cnn(C)c1C.Cl. The number of nitrogens with one attached hydrogen (secondary N) is 1. The van der Waals surface area contributed by atoms with Crippen molar-refractivity contribution in [3.8, 4) is 0 Å². The maximum atomic E-state index is 4.40. The van der Waals surface area contributed by atoms with Gasteiger partial charge in [-0.1, -0.05) is 0 Å². The van der Waals surface area contributed by atoms with Crippen LogP contribution in [-0.2, 0) is 20.1 Å². The van der Waals surface area contributed by atoms with Crippen molar-refractivity contribution in [3.63, 3.8) is 0 Å². The molecule has 0 atom stereocenters. The molecule has 18 heavy (non-hydrogen) atoms. The van der Waals surface area contributed by atoms with Crippen molar-refractivity contribution in [3.05, 3.63) is 29.2 Å². The van der Waals surface area contributed by atoms with E-state index in [0.717, 1.165) is 24.6 Å². The topological polar surface area (TPSA) is 47.7 Å². The van der Waals surface area contributed by atoms with Crippen LogP contribution in [-0.4, -0.2) is 19.6 Å². The summed E-state index contributed by atoms with van der Waals surface area (Å²) in [5, 5.41) is 12.0. The Bertz CT molecular complexity index is 515. The lowest BCUT2D eigenvalue weighted by Crippen LogP contribution is -2.07. The van der Waals surface area contributed by atoms with E-state index in [2.05, 4.69) is 35.4 Å². The van der Waals surface area contributed by atoms with Gasteiger partial charge in [0.15, 0.2) is 0 Å². The normalized spacial score (nSPS) is 10.2. The summed E-state index contributed by atoms with van der Waals surface area (Å²) in [6.07, 6.45) is 1.90. The molecule has 5 nitrogen and oxygen atoms in total. The van der Waals surface area contributed by atoms with E-state index in [4.69, 9.17) is 0 Å². The maximum absolute atomic E-state index is 4.40. The lowest BCUT2D eigenvalue weighted by molar-refractivity contribution is 0.657. The highest BCUT2D eigenvalue weighted by atomic mass is 35.5. The van der Waals surface area contributed by atoms with E-state index in [-0.39, 0.29) is 12.4 Å². The van der Waals surface area contributed by atoms with E-state index in [0.29, 0.717) is 0 Å². The van der Waals surface area contributed by atoms with Crippen LogP contribution in [0.15, 0.2) is 12.3 Å². The highest BCUT2D eigenvalue weighted by molar-refractivity contribution is 5.85. The zero-order chi connectivity index (χ0) is 12.4. The van der Waals surface area contributed by atoms with Gasteiger partial charge in [0.05, 0.1) is 11.9 Å². The molecule has 2 rings (SSSR count). The molecule has 0 fully saturated rings. The zero-order valence-electron chi connectivity index (χ0n) is 11.3. The highest BCUT2D eigenvalue weighted by Gasteiger charge is 2.06. The van der Waals surface area contributed by atoms with Gasteiger partial charge >= 0.3 is 0 Å². The number of halogens is 1. The first-order valence-electron chi connectivity index (χ1n) is 5.87. The quantitative estimate of drug-likeness (QED) is 0.926. The van der Waals surface area contributed by atoms with Gasteiger partial charge in [0, 0.05) is 37.5 Å². The average Bonchev–Trinajstić information content (AvgIpc) is 2.82. The number of rotatable bonds is 4. The molecule has 0 saturated carbocycles. The fourth-order valence-electron chi connectivity index (χ4n) is 1.83. The molecule has 0 amide bonds. The van der Waals surface area contributed by atoms with Crippen molar-refractivity contribution in [2.75, 3.05) is 5.32 Å². The van der Waals surface area contributed by atoms with E-state index in [1.807, 2.05) is 29.5 Å². The Morgan fingerprint density at radius 1 is 1.33 bits per heavy atom. The molecule has 2 heterocycles. The van der Waals surface area contributed by atoms with Crippen LogP contribution in [0, 0.1) is 13.8 Å². The summed E-state index contributed by atoms with van der Waals surface area (Å²) < 4.78 is 3.86. The van der Waals surface area contributed by atoms with Gasteiger partial charge in [0.2, 0.25) is 0 Å². The van der Waals surface area contributed by atoms with Crippen molar-refractivity contribution in [1.29, 1.82) is 0 Å². The molecule has 0 bridgehead atoms. The van der Waals surface area contributed by atoms with Crippen LogP contribution in [0.4, 0.5) is 5.82 Å². The van der Waals surface area contributed by atoms with Crippen molar-refractivity contribution in [1.82, 2.24) is 19.6 Å². The predicted octanol–water partition coefficient (Wildman–Crippen LogP) is 2.29. The molecule has 2 aromatic rings. The van der Waals surface area contributed by atoms with E-state index in [1.54, 1.807) is 0 Å². The number of hydrogen-bond acceptors (Lipinski definition) is 3. The van der Waals surface area contributed by atoms with Crippen molar-refractivity contribution in [2.45, 2.75) is 33.9 Å². The van der Waals surface area contributed by atoms with Crippen LogP contribution in [0.3, 0.4) is 0 Å². The van der Waals surface area contributed by atoms with Crippen molar-refractivity contribution >= 4 is 18.2 Å². The minimum Gasteiger partial charge on any atom is -0.366 e. The predicted molar refractivity (Wildman–Crippen MR) is 75.2 cm³/mol. The van der Waals surface area contributed by atoms with Crippen molar-refractivity contribution in [2.24, 2.45) is 7.05 Å². The van der Waals surface area contributed by atoms with Gasteiger partial charge in [-0.25, -0.2) is 4.68 Å². The van der Waals surface area contributed by atoms with E-state index in [9.17, 15) is 0 Å². The fourth-order valence-corrected chi connectivity index (χ4v) is 1.83. The lowest BCUT2D eigenvalue weighted by Gasteiger charge is -2.07. The summed E-state index contributed by atoms with van der Waals surface area (Å²) in [5.41, 5.74) is 3.45. The van der Waals surface area contributed by atoms with Gasteiger partial charge in [0.1, 0.15) is 5.82 Å². The minimum absolute atomic E-state index is 0. The Morgan fingerprint density at radius 3 is 2.61 bits per heavy atom. The van der Waals surface area contributed by atoms with E-state index >= 15 is 0 Å². The van der Waals surface area contributed by atoms with E-state index < -0.39 is 0 Å². The van der Waals surface area contributed by atoms with Gasteiger partial charge in [0.25, 0.3) is 0 Å². The van der Waals surface area contributed by atoms with Gasteiger partial charge in [-0.3, -0.25) is 4.68 Å². The summed E-state index contributed by atoms with van der Waals surface area (Å²) in [5.74, 6) is 1.06. The number of aromatic nitrogens is 4. The van der Waals surface area contributed by atoms with Gasteiger partial charge in [-0.15, -0.1) is 12.4 Å². The minimum atomic E-state index is 0. The molecular formula is C12H20ClN5. The molecule has 6 heteroatoms. The largest absolute Gasteiger partial charge is 0.366 e. The molecule has 100 valence electrons. The second-order valence-corrected chi connectivity index (χ2v) is 4.22. The van der Waals surface area contributed by atoms with Crippen LogP contribution < -0.4 is 5.32 Å². The van der Waals surface area contributed by atoms with Gasteiger partial charge in [-0.05, 0) is 20.8 Å². The van der Waals surface area contributed by atoms with Crippen LogP contribution in [0.5, 0.6) is 0 Å². The number of aryl methyl sites for hydroxylation is 3. The third-order valence-electron chi connectivity index (χ3n) is 3.00. The van der Waals surface area contributed by atoms with Gasteiger partial charge in [-0.2, -0.15) is 10.2 Å². The first kappa shape index (κ1) is 14.6.